The van der Waals surface area contributed by atoms with Crippen LogP contribution in [-0.4, -0.2) is 41.0 Å². The molecular weight excluding hydrogens is 302 g/mol. The van der Waals surface area contributed by atoms with Crippen LogP contribution in [0.15, 0.2) is 48.5 Å². The molecule has 24 heavy (non-hydrogen) atoms. The zero-order valence-corrected chi connectivity index (χ0v) is 13.7. The van der Waals surface area contributed by atoms with Gasteiger partial charge in [-0.2, -0.15) is 0 Å². The lowest BCUT2D eigenvalue weighted by Crippen LogP contribution is -2.25. The fourth-order valence-electron chi connectivity index (χ4n) is 3.30. The maximum absolute atomic E-state index is 9.88. The van der Waals surface area contributed by atoms with E-state index in [2.05, 4.69) is 27.7 Å². The van der Waals surface area contributed by atoms with Crippen LogP contribution in [0.1, 0.15) is 12.0 Å². The number of aliphatic hydroxyl groups is 1. The number of benzene rings is 2. The highest BCUT2D eigenvalue weighted by atomic mass is 16.5. The number of aliphatic hydroxyl groups excluding tert-OH is 1. The molecule has 5 heteroatoms. The maximum Gasteiger partial charge on any atom is 0.206 e. The van der Waals surface area contributed by atoms with E-state index in [9.17, 15) is 5.11 Å². The Morgan fingerprint density at radius 1 is 1.17 bits per heavy atom. The lowest BCUT2D eigenvalue weighted by molar-refractivity contribution is 0.198. The molecule has 1 N–H and O–H groups in total. The van der Waals surface area contributed by atoms with E-state index in [1.807, 2.05) is 30.3 Å². The molecular formula is C19H21N3O2. The molecule has 0 saturated carbocycles. The summed E-state index contributed by atoms with van der Waals surface area (Å²) in [5.74, 6) is 1.79. The third kappa shape index (κ3) is 2.71. The van der Waals surface area contributed by atoms with Crippen LogP contribution in [0.2, 0.25) is 0 Å². The molecule has 0 spiro atoms. The molecule has 0 bridgehead atoms. The van der Waals surface area contributed by atoms with Crippen LogP contribution in [0.3, 0.4) is 0 Å². The molecule has 1 atom stereocenters. The molecule has 1 saturated heterocycles. The highest BCUT2D eigenvalue weighted by Gasteiger charge is 2.25. The third-order valence-electron chi connectivity index (χ3n) is 4.58. The monoisotopic (exact) mass is 323 g/mol. The van der Waals surface area contributed by atoms with Gasteiger partial charge in [0.1, 0.15) is 5.75 Å². The first-order valence-corrected chi connectivity index (χ1v) is 8.26. The minimum Gasteiger partial charge on any atom is -0.497 e. The van der Waals surface area contributed by atoms with E-state index in [1.165, 1.54) is 5.56 Å². The van der Waals surface area contributed by atoms with E-state index in [4.69, 9.17) is 9.72 Å². The Kier molecular flexibility index (Phi) is 3.86. The van der Waals surface area contributed by atoms with Crippen molar-refractivity contribution in [3.63, 3.8) is 0 Å². The first-order chi connectivity index (χ1) is 11.7. The maximum atomic E-state index is 9.88. The second-order valence-electron chi connectivity index (χ2n) is 6.22. The lowest BCUT2D eigenvalue weighted by atomic mass is 10.2. The van der Waals surface area contributed by atoms with Crippen molar-refractivity contribution in [2.45, 2.75) is 19.1 Å². The summed E-state index contributed by atoms with van der Waals surface area (Å²) in [4.78, 5) is 6.99. The Bertz CT molecular complexity index is 841. The van der Waals surface area contributed by atoms with Crippen LogP contribution in [-0.2, 0) is 6.54 Å². The fourth-order valence-corrected chi connectivity index (χ4v) is 3.30. The Balaban J connectivity index is 1.74. The Morgan fingerprint density at radius 3 is 2.67 bits per heavy atom. The molecule has 3 aromatic rings. The zero-order chi connectivity index (χ0) is 16.5. The predicted molar refractivity (Wildman–Crippen MR) is 94.7 cm³/mol. The van der Waals surface area contributed by atoms with Crippen molar-refractivity contribution in [1.29, 1.82) is 0 Å². The standard InChI is InChI=1S/C19H21N3O2/c1-24-16-8-6-14(7-9-16)12-22-18-5-3-2-4-17(18)20-19(22)21-11-10-15(23)13-21/h2-9,15,23H,10-13H2,1H3. The molecule has 2 heterocycles. The van der Waals surface area contributed by atoms with E-state index in [-0.39, 0.29) is 6.10 Å². The second kappa shape index (κ2) is 6.17. The van der Waals surface area contributed by atoms with Gasteiger partial charge in [0.05, 0.1) is 30.8 Å². The number of aromatic nitrogens is 2. The van der Waals surface area contributed by atoms with E-state index in [0.717, 1.165) is 42.2 Å². The Labute approximate surface area is 141 Å². The third-order valence-corrected chi connectivity index (χ3v) is 4.58. The number of β-amino-alcohol motifs (C(OH)–C–C–N with tert-alkyl or cyclic N) is 1. The minimum atomic E-state index is -0.265. The first kappa shape index (κ1) is 15.0. The van der Waals surface area contributed by atoms with Gasteiger partial charge in [-0.15, -0.1) is 0 Å². The highest BCUT2D eigenvalue weighted by molar-refractivity contribution is 5.79. The number of para-hydroxylation sites is 2. The number of ether oxygens (including phenoxy) is 1. The summed E-state index contributed by atoms with van der Waals surface area (Å²) in [7, 11) is 1.68. The minimum absolute atomic E-state index is 0.265. The smallest absolute Gasteiger partial charge is 0.206 e. The molecule has 1 aromatic heterocycles. The van der Waals surface area contributed by atoms with Crippen molar-refractivity contribution in [3.8, 4) is 5.75 Å². The number of rotatable bonds is 4. The molecule has 0 aliphatic carbocycles. The average Bonchev–Trinajstić information content (AvgIpc) is 3.20. The molecule has 5 nitrogen and oxygen atoms in total. The predicted octanol–water partition coefficient (Wildman–Crippen LogP) is 2.66. The number of hydrogen-bond donors (Lipinski definition) is 1. The van der Waals surface area contributed by atoms with Crippen LogP contribution in [0.4, 0.5) is 5.95 Å². The Morgan fingerprint density at radius 2 is 1.96 bits per heavy atom. The number of imidazole rings is 1. The zero-order valence-electron chi connectivity index (χ0n) is 13.7. The number of fused-ring (bicyclic) bond motifs is 1. The van der Waals surface area contributed by atoms with Gasteiger partial charge in [0.25, 0.3) is 0 Å². The van der Waals surface area contributed by atoms with Crippen molar-refractivity contribution in [1.82, 2.24) is 9.55 Å². The molecule has 2 aromatic carbocycles. The summed E-state index contributed by atoms with van der Waals surface area (Å²) in [5, 5.41) is 9.88. The van der Waals surface area contributed by atoms with Gasteiger partial charge >= 0.3 is 0 Å². The van der Waals surface area contributed by atoms with Gasteiger partial charge in [-0.3, -0.25) is 0 Å². The molecule has 124 valence electrons. The van der Waals surface area contributed by atoms with Crippen molar-refractivity contribution in [3.05, 3.63) is 54.1 Å². The molecule has 1 fully saturated rings. The van der Waals surface area contributed by atoms with Crippen LogP contribution in [0, 0.1) is 0 Å². The summed E-state index contributed by atoms with van der Waals surface area (Å²) >= 11 is 0. The van der Waals surface area contributed by atoms with Gasteiger partial charge in [-0.05, 0) is 36.2 Å². The number of nitrogens with zero attached hydrogens (tertiary/aromatic N) is 3. The Hall–Kier alpha value is -2.53. The molecule has 0 radical (unpaired) electrons. The van der Waals surface area contributed by atoms with Crippen LogP contribution in [0.5, 0.6) is 5.75 Å². The van der Waals surface area contributed by atoms with E-state index in [0.29, 0.717) is 6.54 Å². The summed E-state index contributed by atoms with van der Waals surface area (Å²) in [6.45, 7) is 2.23. The van der Waals surface area contributed by atoms with Crippen molar-refractivity contribution < 1.29 is 9.84 Å². The summed E-state index contributed by atoms with van der Waals surface area (Å²) in [5.41, 5.74) is 3.30. The van der Waals surface area contributed by atoms with Crippen molar-refractivity contribution >= 4 is 17.0 Å². The molecule has 0 amide bonds. The van der Waals surface area contributed by atoms with Crippen LogP contribution >= 0.6 is 0 Å². The SMILES string of the molecule is COc1ccc(Cn2c(N3CCC(O)C3)nc3ccccc32)cc1. The van der Waals surface area contributed by atoms with E-state index in [1.54, 1.807) is 7.11 Å². The number of anilines is 1. The van der Waals surface area contributed by atoms with Crippen LogP contribution in [0.25, 0.3) is 11.0 Å². The summed E-state index contributed by atoms with van der Waals surface area (Å²) in [6.07, 6.45) is 0.533. The summed E-state index contributed by atoms with van der Waals surface area (Å²) in [6, 6.07) is 16.3. The van der Waals surface area contributed by atoms with Gasteiger partial charge in [-0.25, -0.2) is 4.98 Å². The molecule has 1 aliphatic heterocycles. The molecule has 1 unspecified atom stereocenters. The number of hydrogen-bond acceptors (Lipinski definition) is 4. The molecule has 4 rings (SSSR count). The van der Waals surface area contributed by atoms with Gasteiger partial charge in [-0.1, -0.05) is 24.3 Å². The van der Waals surface area contributed by atoms with Crippen molar-refractivity contribution in [2.24, 2.45) is 0 Å². The van der Waals surface area contributed by atoms with Gasteiger partial charge in [0, 0.05) is 13.1 Å². The van der Waals surface area contributed by atoms with Gasteiger partial charge < -0.3 is 19.3 Å². The van der Waals surface area contributed by atoms with Crippen molar-refractivity contribution in [2.75, 3.05) is 25.1 Å². The average molecular weight is 323 g/mol. The fraction of sp³-hybridized carbons (Fsp3) is 0.316. The normalized spacial score (nSPS) is 17.6. The van der Waals surface area contributed by atoms with E-state index < -0.39 is 0 Å². The molecule has 1 aliphatic rings. The largest absolute Gasteiger partial charge is 0.497 e. The van der Waals surface area contributed by atoms with E-state index >= 15 is 0 Å². The van der Waals surface area contributed by atoms with Gasteiger partial charge in [0.2, 0.25) is 5.95 Å². The topological polar surface area (TPSA) is 50.5 Å². The lowest BCUT2D eigenvalue weighted by Gasteiger charge is -2.19. The quantitative estimate of drug-likeness (QED) is 0.802. The summed E-state index contributed by atoms with van der Waals surface area (Å²) < 4.78 is 7.47. The van der Waals surface area contributed by atoms with Crippen LogP contribution < -0.4 is 9.64 Å². The van der Waals surface area contributed by atoms with Gasteiger partial charge in [0.15, 0.2) is 0 Å². The highest BCUT2D eigenvalue weighted by Crippen LogP contribution is 2.27. The first-order valence-electron chi connectivity index (χ1n) is 8.26. The number of methoxy groups -OCH3 is 1. The second-order valence-corrected chi connectivity index (χ2v) is 6.22.